The van der Waals surface area contributed by atoms with Crippen LogP contribution in [-0.2, 0) is 6.18 Å². The number of carbonyl (C=O) groups excluding carboxylic acids is 1. The van der Waals surface area contributed by atoms with Crippen LogP contribution in [0.25, 0.3) is 0 Å². The molecule has 0 aliphatic rings. The van der Waals surface area contributed by atoms with Gasteiger partial charge in [0.25, 0.3) is 0 Å². The monoisotopic (exact) mass is 379 g/mol. The summed E-state index contributed by atoms with van der Waals surface area (Å²) >= 11 is 5.69. The summed E-state index contributed by atoms with van der Waals surface area (Å²) in [6.45, 7) is 5.07. The predicted octanol–water partition coefficient (Wildman–Crippen LogP) is 4.76. The Labute approximate surface area is 145 Å². The molecule has 2 rings (SSSR count). The fraction of sp³-hybridized carbons (Fsp3) is 0.333. The number of hydrogen-bond donors (Lipinski definition) is 1. The van der Waals surface area contributed by atoms with Crippen molar-refractivity contribution in [3.8, 4) is 11.6 Å². The van der Waals surface area contributed by atoms with Crippen molar-refractivity contribution in [2.75, 3.05) is 0 Å². The Balaban J connectivity index is 2.30. The number of amides is 1. The number of nitrogens with one attached hydrogen (secondary N) is 1. The number of halogens is 5. The number of nitrogens with zero attached hydrogens (tertiary/aromatic N) is 2. The average Bonchev–Trinajstić information content (AvgIpc) is 2.82. The molecule has 0 saturated heterocycles. The smallest absolute Gasteiger partial charge is 0.416 e. The molecule has 136 valence electrons. The van der Waals surface area contributed by atoms with Crippen molar-refractivity contribution in [2.24, 2.45) is 0 Å². The summed E-state index contributed by atoms with van der Waals surface area (Å²) in [5, 5.41) is 5.89. The highest BCUT2D eigenvalue weighted by Crippen LogP contribution is 2.38. The van der Waals surface area contributed by atoms with E-state index in [9.17, 15) is 22.4 Å². The summed E-state index contributed by atoms with van der Waals surface area (Å²) in [7, 11) is 0. The first-order valence-corrected chi connectivity index (χ1v) is 7.48. The second-order valence-corrected chi connectivity index (χ2v) is 5.92. The van der Waals surface area contributed by atoms with Crippen molar-refractivity contribution in [2.45, 2.75) is 33.0 Å². The van der Waals surface area contributed by atoms with Crippen LogP contribution in [0.4, 0.5) is 22.4 Å². The highest BCUT2D eigenvalue weighted by atomic mass is 35.5. The van der Waals surface area contributed by atoms with E-state index >= 15 is 0 Å². The van der Waals surface area contributed by atoms with Crippen LogP contribution < -0.4 is 10.1 Å². The zero-order valence-electron chi connectivity index (χ0n) is 13.4. The van der Waals surface area contributed by atoms with Gasteiger partial charge in [0.1, 0.15) is 0 Å². The van der Waals surface area contributed by atoms with E-state index in [2.05, 4.69) is 10.4 Å². The molecule has 0 atom stereocenters. The van der Waals surface area contributed by atoms with Gasteiger partial charge in [-0.15, -0.1) is 5.10 Å². The number of aryl methyl sites for hydroxylation is 1. The maximum absolute atomic E-state index is 13.9. The first kappa shape index (κ1) is 19.0. The van der Waals surface area contributed by atoms with E-state index in [1.807, 2.05) is 0 Å². The van der Waals surface area contributed by atoms with Crippen molar-refractivity contribution in [1.82, 2.24) is 15.1 Å². The third-order valence-electron chi connectivity index (χ3n) is 3.00. The number of hydrogen-bond acceptors (Lipinski definition) is 3. The minimum Gasteiger partial charge on any atom is -0.433 e. The molecule has 1 aromatic carbocycles. The average molecular weight is 380 g/mol. The van der Waals surface area contributed by atoms with Crippen LogP contribution in [0.15, 0.2) is 18.2 Å². The Kier molecular flexibility index (Phi) is 5.26. The molecule has 5 nitrogen and oxygen atoms in total. The zero-order chi connectivity index (χ0) is 18.9. The van der Waals surface area contributed by atoms with Gasteiger partial charge in [0.2, 0.25) is 5.88 Å². The number of carbonyl (C=O) groups is 1. The lowest BCUT2D eigenvalue weighted by Crippen LogP contribution is -2.35. The van der Waals surface area contributed by atoms with E-state index in [0.717, 1.165) is 4.68 Å². The molecular formula is C15H14ClF4N3O2. The summed E-state index contributed by atoms with van der Waals surface area (Å²) in [5.41, 5.74) is -0.850. The highest BCUT2D eigenvalue weighted by molar-refractivity contribution is 6.32. The Morgan fingerprint density at radius 3 is 2.48 bits per heavy atom. The Morgan fingerprint density at radius 2 is 1.96 bits per heavy atom. The molecular weight excluding hydrogens is 366 g/mol. The van der Waals surface area contributed by atoms with Crippen LogP contribution in [0, 0.1) is 12.7 Å². The summed E-state index contributed by atoms with van der Waals surface area (Å²) < 4.78 is 58.0. The van der Waals surface area contributed by atoms with Crippen LogP contribution in [0.2, 0.25) is 5.02 Å². The minimum absolute atomic E-state index is 0.137. The quantitative estimate of drug-likeness (QED) is 0.782. The maximum atomic E-state index is 13.9. The molecule has 2 aromatic rings. The first-order valence-electron chi connectivity index (χ1n) is 7.10. The number of benzene rings is 1. The van der Waals surface area contributed by atoms with Gasteiger partial charge in [0, 0.05) is 12.1 Å². The van der Waals surface area contributed by atoms with Gasteiger partial charge in [0.15, 0.2) is 11.6 Å². The molecule has 25 heavy (non-hydrogen) atoms. The molecule has 0 aliphatic carbocycles. The van der Waals surface area contributed by atoms with Crippen molar-refractivity contribution in [3.05, 3.63) is 40.3 Å². The molecule has 10 heteroatoms. The van der Waals surface area contributed by atoms with Gasteiger partial charge < -0.3 is 10.1 Å². The predicted molar refractivity (Wildman–Crippen MR) is 82.5 cm³/mol. The minimum atomic E-state index is -4.74. The van der Waals surface area contributed by atoms with Gasteiger partial charge in [-0.1, -0.05) is 11.6 Å². The van der Waals surface area contributed by atoms with Gasteiger partial charge in [-0.2, -0.15) is 17.9 Å². The lowest BCUT2D eigenvalue weighted by molar-refractivity contribution is -0.137. The molecule has 0 fully saturated rings. The van der Waals surface area contributed by atoms with E-state index in [1.165, 1.54) is 6.07 Å². The number of alkyl halides is 3. The molecule has 1 N–H and O–H groups in total. The second-order valence-electron chi connectivity index (χ2n) is 5.51. The SMILES string of the molecule is Cc1cc(Oc2c(F)cc(C(F)(F)F)cc2Cl)nn1C(=O)NC(C)C. The molecule has 1 heterocycles. The molecule has 0 spiro atoms. The Morgan fingerprint density at radius 1 is 1.32 bits per heavy atom. The van der Waals surface area contributed by atoms with E-state index in [-0.39, 0.29) is 18.0 Å². The number of ether oxygens (including phenoxy) is 1. The molecule has 1 aromatic heterocycles. The van der Waals surface area contributed by atoms with E-state index in [4.69, 9.17) is 16.3 Å². The van der Waals surface area contributed by atoms with Crippen molar-refractivity contribution in [3.63, 3.8) is 0 Å². The zero-order valence-corrected chi connectivity index (χ0v) is 14.2. The van der Waals surface area contributed by atoms with Crippen molar-refractivity contribution < 1.29 is 27.1 Å². The van der Waals surface area contributed by atoms with E-state index in [1.54, 1.807) is 20.8 Å². The van der Waals surface area contributed by atoms with Crippen LogP contribution in [-0.4, -0.2) is 21.9 Å². The van der Waals surface area contributed by atoms with Gasteiger partial charge in [-0.25, -0.2) is 9.18 Å². The third-order valence-corrected chi connectivity index (χ3v) is 3.28. The largest absolute Gasteiger partial charge is 0.433 e. The summed E-state index contributed by atoms with van der Waals surface area (Å²) in [6, 6.07) is 1.49. The fourth-order valence-electron chi connectivity index (χ4n) is 1.94. The third kappa shape index (κ3) is 4.41. The lowest BCUT2D eigenvalue weighted by atomic mass is 10.2. The van der Waals surface area contributed by atoms with Crippen LogP contribution >= 0.6 is 11.6 Å². The van der Waals surface area contributed by atoms with Gasteiger partial charge >= 0.3 is 12.2 Å². The van der Waals surface area contributed by atoms with Crippen LogP contribution in [0.5, 0.6) is 11.6 Å². The fourth-order valence-corrected chi connectivity index (χ4v) is 2.18. The van der Waals surface area contributed by atoms with Crippen molar-refractivity contribution >= 4 is 17.6 Å². The highest BCUT2D eigenvalue weighted by Gasteiger charge is 2.33. The first-order chi connectivity index (χ1) is 11.5. The van der Waals surface area contributed by atoms with Crippen molar-refractivity contribution in [1.29, 1.82) is 0 Å². The molecule has 0 saturated carbocycles. The van der Waals surface area contributed by atoms with Crippen LogP contribution in [0.1, 0.15) is 25.1 Å². The number of aromatic nitrogens is 2. The molecule has 0 bridgehead atoms. The second kappa shape index (κ2) is 6.91. The van der Waals surface area contributed by atoms with E-state index in [0.29, 0.717) is 11.8 Å². The maximum Gasteiger partial charge on any atom is 0.416 e. The molecule has 1 amide bonds. The van der Waals surface area contributed by atoms with Gasteiger partial charge in [-0.05, 0) is 32.9 Å². The molecule has 0 unspecified atom stereocenters. The van der Waals surface area contributed by atoms with Gasteiger partial charge in [-0.3, -0.25) is 0 Å². The standard InChI is InChI=1S/C15H14ClF4N3O2/c1-7(2)21-14(24)23-8(3)4-12(22-23)25-13-10(16)5-9(6-11(13)17)15(18,19)20/h4-7H,1-3H3,(H,21,24). The molecule has 0 aliphatic heterocycles. The summed E-state index contributed by atoms with van der Waals surface area (Å²) in [6.07, 6.45) is -4.74. The topological polar surface area (TPSA) is 56.2 Å². The number of rotatable bonds is 3. The Bertz CT molecular complexity index is 780. The summed E-state index contributed by atoms with van der Waals surface area (Å²) in [4.78, 5) is 11.9. The lowest BCUT2D eigenvalue weighted by Gasteiger charge is -2.11. The van der Waals surface area contributed by atoms with E-state index < -0.39 is 34.4 Å². The molecule has 0 radical (unpaired) electrons. The Hall–Kier alpha value is -2.29. The van der Waals surface area contributed by atoms with Crippen LogP contribution in [0.3, 0.4) is 0 Å². The van der Waals surface area contributed by atoms with Gasteiger partial charge in [0.05, 0.1) is 16.3 Å². The normalized spacial score (nSPS) is 11.7. The summed E-state index contributed by atoms with van der Waals surface area (Å²) in [5.74, 6) is -2.08.